The van der Waals surface area contributed by atoms with Crippen molar-refractivity contribution in [3.05, 3.63) is 151 Å². The van der Waals surface area contributed by atoms with Gasteiger partial charge in [0.1, 0.15) is 0 Å². The van der Waals surface area contributed by atoms with Crippen LogP contribution in [0.5, 0.6) is 0 Å². The van der Waals surface area contributed by atoms with Crippen molar-refractivity contribution >= 4 is 43.4 Å². The summed E-state index contributed by atoms with van der Waals surface area (Å²) in [5.41, 5.74) is 11.5. The molecule has 198 valence electrons. The van der Waals surface area contributed by atoms with Crippen molar-refractivity contribution in [2.75, 3.05) is 0 Å². The Morgan fingerprint density at radius 3 is 2.05 bits per heavy atom. The van der Waals surface area contributed by atoms with Crippen molar-refractivity contribution in [3.63, 3.8) is 0 Å². The van der Waals surface area contributed by atoms with Gasteiger partial charge in [-0.25, -0.2) is 0 Å². The lowest BCUT2D eigenvalue weighted by Gasteiger charge is -2.35. The Hall–Kier alpha value is -5.14. The molecule has 0 bridgehead atoms. The first-order valence-electron chi connectivity index (χ1n) is 14.8. The van der Waals surface area contributed by atoms with Crippen LogP contribution in [0.25, 0.3) is 71.3 Å². The molecule has 9 rings (SSSR count). The van der Waals surface area contributed by atoms with E-state index in [4.69, 9.17) is 0 Å². The fourth-order valence-corrected chi connectivity index (χ4v) is 7.40. The zero-order chi connectivity index (χ0) is 28.0. The third kappa shape index (κ3) is 3.19. The number of hydrogen-bond donors (Lipinski definition) is 0. The van der Waals surface area contributed by atoms with E-state index >= 15 is 0 Å². The molecule has 0 aliphatic carbocycles. The first kappa shape index (κ1) is 23.6. The van der Waals surface area contributed by atoms with E-state index in [0.717, 1.165) is 0 Å². The zero-order valence-electron chi connectivity index (χ0n) is 23.7. The Morgan fingerprint density at radius 1 is 0.452 bits per heavy atom. The maximum absolute atomic E-state index is 2.51. The predicted molar refractivity (Wildman–Crippen MR) is 179 cm³/mol. The standard InChI is InChI=1S/C41H29N/c1-41(2)36-16-7-8-17-39(36)42-38-21-20-30(29-19-18-26-10-3-4-12-28(26)22-29)23-34(38)35-24-31(25-37(41)40(35)42)33-15-9-13-27-11-5-6-14-32(27)33/h3-25H,1-2H3. The molecular weight excluding hydrogens is 506 g/mol. The summed E-state index contributed by atoms with van der Waals surface area (Å²) in [4.78, 5) is 0. The Kier molecular flexibility index (Phi) is 4.73. The maximum Gasteiger partial charge on any atom is 0.0582 e. The van der Waals surface area contributed by atoms with E-state index in [-0.39, 0.29) is 5.41 Å². The minimum atomic E-state index is -0.138. The molecule has 0 radical (unpaired) electrons. The van der Waals surface area contributed by atoms with E-state index < -0.39 is 0 Å². The molecule has 1 aliphatic rings. The number of nitrogens with zero attached hydrogens (tertiary/aromatic N) is 1. The van der Waals surface area contributed by atoms with Crippen molar-refractivity contribution in [2.24, 2.45) is 0 Å². The predicted octanol–water partition coefficient (Wildman–Crippen LogP) is 11.1. The van der Waals surface area contributed by atoms with Gasteiger partial charge in [0.05, 0.1) is 16.7 Å². The van der Waals surface area contributed by atoms with Crippen LogP contribution in [0.1, 0.15) is 25.0 Å². The van der Waals surface area contributed by atoms with Crippen LogP contribution >= 0.6 is 0 Å². The van der Waals surface area contributed by atoms with E-state index in [1.807, 2.05) is 0 Å². The maximum atomic E-state index is 2.51. The number of fused-ring (bicyclic) bond motifs is 7. The molecule has 0 N–H and O–H groups in total. The first-order chi connectivity index (χ1) is 20.6. The summed E-state index contributed by atoms with van der Waals surface area (Å²) < 4.78 is 2.51. The molecule has 1 aliphatic heterocycles. The molecule has 1 nitrogen and oxygen atoms in total. The fraction of sp³-hybridized carbons (Fsp3) is 0.0732. The molecule has 7 aromatic carbocycles. The molecule has 8 aromatic rings. The monoisotopic (exact) mass is 535 g/mol. The van der Waals surface area contributed by atoms with Gasteiger partial charge in [0.2, 0.25) is 0 Å². The van der Waals surface area contributed by atoms with Crippen LogP contribution in [0.15, 0.2) is 140 Å². The number of hydrogen-bond acceptors (Lipinski definition) is 0. The minimum absolute atomic E-state index is 0.138. The summed E-state index contributed by atoms with van der Waals surface area (Å²) in [5, 5.41) is 7.72. The summed E-state index contributed by atoms with van der Waals surface area (Å²) in [5.74, 6) is 0. The lowest BCUT2D eigenvalue weighted by atomic mass is 9.74. The molecule has 0 fully saturated rings. The average molecular weight is 536 g/mol. The molecule has 0 amide bonds. The topological polar surface area (TPSA) is 4.93 Å². The lowest BCUT2D eigenvalue weighted by molar-refractivity contribution is 0.630. The van der Waals surface area contributed by atoms with E-state index in [9.17, 15) is 0 Å². The number of aromatic nitrogens is 1. The third-order valence-corrected chi connectivity index (χ3v) is 9.54. The van der Waals surface area contributed by atoms with Crippen LogP contribution < -0.4 is 0 Å². The average Bonchev–Trinajstić information content (AvgIpc) is 3.37. The molecule has 1 heteroatoms. The van der Waals surface area contributed by atoms with Gasteiger partial charge in [0, 0.05) is 16.2 Å². The molecule has 0 atom stereocenters. The van der Waals surface area contributed by atoms with Crippen LogP contribution in [0.3, 0.4) is 0 Å². The number of rotatable bonds is 2. The number of benzene rings is 7. The zero-order valence-corrected chi connectivity index (χ0v) is 23.7. The molecule has 2 heterocycles. The summed E-state index contributed by atoms with van der Waals surface area (Å²) in [6.45, 7) is 4.77. The normalized spacial score (nSPS) is 13.7. The molecule has 1 aromatic heterocycles. The van der Waals surface area contributed by atoms with Gasteiger partial charge in [-0.1, -0.05) is 117 Å². The second kappa shape index (κ2) is 8.44. The molecule has 42 heavy (non-hydrogen) atoms. The summed E-state index contributed by atoms with van der Waals surface area (Å²) in [7, 11) is 0. The van der Waals surface area contributed by atoms with Crippen molar-refractivity contribution in [3.8, 4) is 27.9 Å². The molecule has 0 saturated heterocycles. The molecular formula is C41H29N. The van der Waals surface area contributed by atoms with E-state index in [2.05, 4.69) is 158 Å². The van der Waals surface area contributed by atoms with Gasteiger partial charge in [0.15, 0.2) is 0 Å². The minimum Gasteiger partial charge on any atom is -0.309 e. The fourth-order valence-electron chi connectivity index (χ4n) is 7.40. The summed E-state index contributed by atoms with van der Waals surface area (Å²) in [6, 6.07) is 51.7. The van der Waals surface area contributed by atoms with Gasteiger partial charge >= 0.3 is 0 Å². The van der Waals surface area contributed by atoms with Crippen molar-refractivity contribution in [2.45, 2.75) is 19.3 Å². The van der Waals surface area contributed by atoms with Crippen LogP contribution in [-0.4, -0.2) is 4.57 Å². The molecule has 0 spiro atoms. The third-order valence-electron chi connectivity index (χ3n) is 9.54. The summed E-state index contributed by atoms with van der Waals surface area (Å²) in [6.07, 6.45) is 0. The SMILES string of the molecule is CC1(C)c2ccccc2-n2c3ccc(-c4ccc5ccccc5c4)cc3c3cc(-c4cccc5ccccc45)cc1c32. The van der Waals surface area contributed by atoms with Crippen LogP contribution in [0.2, 0.25) is 0 Å². The molecule has 0 unspecified atom stereocenters. The molecule has 0 saturated carbocycles. The van der Waals surface area contributed by atoms with Gasteiger partial charge in [-0.2, -0.15) is 0 Å². The Morgan fingerprint density at radius 2 is 1.14 bits per heavy atom. The second-order valence-corrected chi connectivity index (χ2v) is 12.2. The Labute approximate surface area is 245 Å². The van der Waals surface area contributed by atoms with Crippen molar-refractivity contribution in [1.29, 1.82) is 0 Å². The van der Waals surface area contributed by atoms with Gasteiger partial charge in [-0.05, 0) is 91.3 Å². The van der Waals surface area contributed by atoms with Crippen molar-refractivity contribution < 1.29 is 0 Å². The second-order valence-electron chi connectivity index (χ2n) is 12.2. The van der Waals surface area contributed by atoms with Gasteiger partial charge in [-0.3, -0.25) is 0 Å². The quantitative estimate of drug-likeness (QED) is 0.207. The first-order valence-corrected chi connectivity index (χ1v) is 14.8. The highest BCUT2D eigenvalue weighted by atomic mass is 15.0. The largest absolute Gasteiger partial charge is 0.309 e. The smallest absolute Gasteiger partial charge is 0.0582 e. The number of para-hydroxylation sites is 1. The van der Waals surface area contributed by atoms with E-state index in [1.165, 1.54) is 82.4 Å². The van der Waals surface area contributed by atoms with Crippen molar-refractivity contribution in [1.82, 2.24) is 4.57 Å². The van der Waals surface area contributed by atoms with Crippen LogP contribution in [0, 0.1) is 0 Å². The lowest BCUT2D eigenvalue weighted by Crippen LogP contribution is -2.26. The van der Waals surface area contributed by atoms with Gasteiger partial charge in [-0.15, -0.1) is 0 Å². The Bertz CT molecular complexity index is 2380. The summed E-state index contributed by atoms with van der Waals surface area (Å²) >= 11 is 0. The van der Waals surface area contributed by atoms with E-state index in [0.29, 0.717) is 0 Å². The van der Waals surface area contributed by atoms with E-state index in [1.54, 1.807) is 0 Å². The van der Waals surface area contributed by atoms with Gasteiger partial charge in [0.25, 0.3) is 0 Å². The Balaban J connectivity index is 1.40. The highest BCUT2D eigenvalue weighted by Crippen LogP contribution is 2.49. The van der Waals surface area contributed by atoms with Gasteiger partial charge < -0.3 is 4.57 Å². The highest BCUT2D eigenvalue weighted by Gasteiger charge is 2.35. The van der Waals surface area contributed by atoms with Crippen LogP contribution in [0.4, 0.5) is 0 Å². The van der Waals surface area contributed by atoms with Crippen LogP contribution in [-0.2, 0) is 5.41 Å². The highest BCUT2D eigenvalue weighted by molar-refractivity contribution is 6.14.